The number of ether oxygens (including phenoxy) is 1. The van der Waals surface area contributed by atoms with Crippen molar-refractivity contribution in [2.75, 3.05) is 0 Å². The second-order valence-electron chi connectivity index (χ2n) is 4.28. The van der Waals surface area contributed by atoms with Gasteiger partial charge >= 0.3 is 6.09 Å². The number of carbonyl (C=O) groups excluding carboxylic acids is 1. The minimum Gasteiger partial charge on any atom is -0.446 e. The summed E-state index contributed by atoms with van der Waals surface area (Å²) in [5.41, 5.74) is 6.35. The van der Waals surface area contributed by atoms with E-state index in [1.807, 2.05) is 18.2 Å². The standard InChI is InChI=1S/C13H17NO2/c14-13(15)16-12-9-5-4-8-11(12)10-6-2-1-3-7-10/h1-3,6-7,11-12H,4-5,8-9H2,(H2,14,15). The van der Waals surface area contributed by atoms with E-state index < -0.39 is 6.09 Å². The fraction of sp³-hybridized carbons (Fsp3) is 0.462. The van der Waals surface area contributed by atoms with Crippen molar-refractivity contribution in [3.63, 3.8) is 0 Å². The summed E-state index contributed by atoms with van der Waals surface area (Å²) in [6.07, 6.45) is 3.59. The van der Waals surface area contributed by atoms with Crippen LogP contribution in [0.3, 0.4) is 0 Å². The van der Waals surface area contributed by atoms with E-state index in [9.17, 15) is 4.79 Å². The molecule has 1 aliphatic rings. The van der Waals surface area contributed by atoms with Crippen molar-refractivity contribution >= 4 is 6.09 Å². The fourth-order valence-corrected chi connectivity index (χ4v) is 2.47. The van der Waals surface area contributed by atoms with Crippen molar-refractivity contribution < 1.29 is 9.53 Å². The molecule has 0 saturated heterocycles. The lowest BCUT2D eigenvalue weighted by atomic mass is 9.81. The number of amides is 1. The highest BCUT2D eigenvalue weighted by atomic mass is 16.6. The van der Waals surface area contributed by atoms with E-state index in [1.165, 1.54) is 12.0 Å². The van der Waals surface area contributed by atoms with Crippen LogP contribution in [-0.2, 0) is 4.74 Å². The van der Waals surface area contributed by atoms with Gasteiger partial charge in [0, 0.05) is 5.92 Å². The Morgan fingerprint density at radius 2 is 1.88 bits per heavy atom. The fourth-order valence-electron chi connectivity index (χ4n) is 2.47. The minimum atomic E-state index is -0.659. The van der Waals surface area contributed by atoms with Crippen LogP contribution in [0.1, 0.15) is 37.2 Å². The number of hydrogen-bond donors (Lipinski definition) is 1. The van der Waals surface area contributed by atoms with Crippen LogP contribution in [0.4, 0.5) is 4.79 Å². The van der Waals surface area contributed by atoms with E-state index in [4.69, 9.17) is 10.5 Å². The van der Waals surface area contributed by atoms with Gasteiger partial charge in [-0.2, -0.15) is 0 Å². The predicted octanol–water partition coefficient (Wildman–Crippen LogP) is 2.81. The van der Waals surface area contributed by atoms with Gasteiger partial charge in [0.25, 0.3) is 0 Å². The van der Waals surface area contributed by atoms with Gasteiger partial charge in [0.2, 0.25) is 0 Å². The molecule has 0 bridgehead atoms. The van der Waals surface area contributed by atoms with Gasteiger partial charge in [0.05, 0.1) is 0 Å². The Balaban J connectivity index is 2.13. The molecule has 1 amide bonds. The van der Waals surface area contributed by atoms with Gasteiger partial charge in [0.1, 0.15) is 6.10 Å². The summed E-state index contributed by atoms with van der Waals surface area (Å²) in [4.78, 5) is 10.8. The van der Waals surface area contributed by atoms with Gasteiger partial charge in [-0.15, -0.1) is 0 Å². The Morgan fingerprint density at radius 1 is 1.19 bits per heavy atom. The van der Waals surface area contributed by atoms with Crippen LogP contribution in [0, 0.1) is 0 Å². The molecule has 2 unspecified atom stereocenters. The lowest BCUT2D eigenvalue weighted by Gasteiger charge is -2.30. The lowest BCUT2D eigenvalue weighted by molar-refractivity contribution is 0.0678. The summed E-state index contributed by atoms with van der Waals surface area (Å²) >= 11 is 0. The van der Waals surface area contributed by atoms with E-state index in [-0.39, 0.29) is 6.10 Å². The van der Waals surface area contributed by atoms with Crippen molar-refractivity contribution in [3.8, 4) is 0 Å². The first-order chi connectivity index (χ1) is 7.77. The highest BCUT2D eigenvalue weighted by molar-refractivity contribution is 5.65. The van der Waals surface area contributed by atoms with Gasteiger partial charge in [-0.1, -0.05) is 36.8 Å². The molecule has 1 aromatic carbocycles. The molecule has 2 rings (SSSR count). The third-order valence-electron chi connectivity index (χ3n) is 3.20. The first-order valence-electron chi connectivity index (χ1n) is 5.78. The zero-order valence-electron chi connectivity index (χ0n) is 9.26. The van der Waals surface area contributed by atoms with E-state index in [0.29, 0.717) is 5.92 Å². The number of hydrogen-bond acceptors (Lipinski definition) is 2. The molecule has 3 nitrogen and oxygen atoms in total. The summed E-state index contributed by atoms with van der Waals surface area (Å²) in [5.74, 6) is 0.308. The molecule has 3 heteroatoms. The van der Waals surface area contributed by atoms with Crippen LogP contribution in [0.15, 0.2) is 30.3 Å². The molecule has 1 aliphatic carbocycles. The number of nitrogens with two attached hydrogens (primary N) is 1. The van der Waals surface area contributed by atoms with Crippen LogP contribution >= 0.6 is 0 Å². The SMILES string of the molecule is NC(=O)OC1CCCCC1c1ccccc1. The minimum absolute atomic E-state index is 0.0475. The number of rotatable bonds is 2. The van der Waals surface area contributed by atoms with E-state index in [1.54, 1.807) is 0 Å². The second-order valence-corrected chi connectivity index (χ2v) is 4.28. The van der Waals surface area contributed by atoms with Crippen molar-refractivity contribution in [2.45, 2.75) is 37.7 Å². The molecule has 0 radical (unpaired) electrons. The quantitative estimate of drug-likeness (QED) is 0.831. The summed E-state index contributed by atoms with van der Waals surface area (Å²) < 4.78 is 5.20. The third-order valence-corrected chi connectivity index (χ3v) is 3.20. The molecule has 0 spiro atoms. The maximum Gasteiger partial charge on any atom is 0.404 e. The first-order valence-corrected chi connectivity index (χ1v) is 5.78. The number of benzene rings is 1. The van der Waals surface area contributed by atoms with Crippen LogP contribution in [0.25, 0.3) is 0 Å². The largest absolute Gasteiger partial charge is 0.446 e. The number of primary amides is 1. The van der Waals surface area contributed by atoms with Gasteiger partial charge in [-0.3, -0.25) is 0 Å². The zero-order valence-corrected chi connectivity index (χ0v) is 9.26. The Morgan fingerprint density at radius 3 is 2.56 bits per heavy atom. The molecule has 16 heavy (non-hydrogen) atoms. The first kappa shape index (κ1) is 11.0. The Hall–Kier alpha value is -1.51. The molecule has 1 saturated carbocycles. The van der Waals surface area contributed by atoms with Crippen LogP contribution < -0.4 is 5.73 Å². The maximum absolute atomic E-state index is 10.8. The van der Waals surface area contributed by atoms with Crippen LogP contribution in [0.2, 0.25) is 0 Å². The van der Waals surface area contributed by atoms with E-state index in [2.05, 4.69) is 12.1 Å². The van der Waals surface area contributed by atoms with Gasteiger partial charge in [-0.25, -0.2) is 4.79 Å². The molecular formula is C13H17NO2. The summed E-state index contributed by atoms with van der Waals surface area (Å²) in [6.45, 7) is 0. The highest BCUT2D eigenvalue weighted by Gasteiger charge is 2.28. The second kappa shape index (κ2) is 5.01. The summed E-state index contributed by atoms with van der Waals surface area (Å²) in [7, 11) is 0. The van der Waals surface area contributed by atoms with Crippen molar-refractivity contribution in [2.24, 2.45) is 5.73 Å². The highest BCUT2D eigenvalue weighted by Crippen LogP contribution is 2.34. The van der Waals surface area contributed by atoms with Gasteiger partial charge in [0.15, 0.2) is 0 Å². The molecule has 0 aromatic heterocycles. The lowest BCUT2D eigenvalue weighted by Crippen LogP contribution is -2.30. The summed E-state index contributed by atoms with van der Waals surface area (Å²) in [5, 5.41) is 0. The van der Waals surface area contributed by atoms with Crippen molar-refractivity contribution in [1.82, 2.24) is 0 Å². The normalized spacial score (nSPS) is 25.0. The molecule has 0 aliphatic heterocycles. The van der Waals surface area contributed by atoms with Gasteiger partial charge < -0.3 is 10.5 Å². The van der Waals surface area contributed by atoms with Crippen LogP contribution in [-0.4, -0.2) is 12.2 Å². The van der Waals surface area contributed by atoms with Crippen LogP contribution in [0.5, 0.6) is 0 Å². The molecule has 2 N–H and O–H groups in total. The van der Waals surface area contributed by atoms with E-state index in [0.717, 1.165) is 19.3 Å². The Bertz CT molecular complexity index is 350. The average molecular weight is 219 g/mol. The molecule has 86 valence electrons. The summed E-state index contributed by atoms with van der Waals surface area (Å²) in [6, 6.07) is 10.2. The maximum atomic E-state index is 10.8. The molecule has 1 aromatic rings. The smallest absolute Gasteiger partial charge is 0.404 e. The van der Waals surface area contributed by atoms with Gasteiger partial charge in [-0.05, 0) is 24.8 Å². The topological polar surface area (TPSA) is 52.3 Å². The Labute approximate surface area is 95.6 Å². The zero-order chi connectivity index (χ0) is 11.4. The molecule has 0 heterocycles. The van der Waals surface area contributed by atoms with E-state index >= 15 is 0 Å². The predicted molar refractivity (Wildman–Crippen MR) is 62.1 cm³/mol. The molecule has 2 atom stereocenters. The van der Waals surface area contributed by atoms with Crippen molar-refractivity contribution in [3.05, 3.63) is 35.9 Å². The third kappa shape index (κ3) is 2.54. The van der Waals surface area contributed by atoms with Crippen molar-refractivity contribution in [1.29, 1.82) is 0 Å². The molecule has 1 fully saturated rings. The Kier molecular flexibility index (Phi) is 3.44. The molecular weight excluding hydrogens is 202 g/mol. The average Bonchev–Trinajstić information content (AvgIpc) is 2.30. The number of carbonyl (C=O) groups is 1. The monoisotopic (exact) mass is 219 g/mol.